The average Bonchev–Trinajstić information content (AvgIpc) is 3.23. The van der Waals surface area contributed by atoms with Gasteiger partial charge in [0.2, 0.25) is 11.8 Å². The summed E-state index contributed by atoms with van der Waals surface area (Å²) in [6.45, 7) is 15.1. The summed E-state index contributed by atoms with van der Waals surface area (Å²) in [6.07, 6.45) is 4.25. The smallest absolute Gasteiger partial charge is 0.270 e. The van der Waals surface area contributed by atoms with E-state index in [9.17, 15) is 24.4 Å². The molecule has 1 saturated carbocycles. The monoisotopic (exact) mass is 790 g/mol. The number of nitrogens with one attached hydrogen (secondary N) is 3. The van der Waals surface area contributed by atoms with E-state index in [1.165, 1.54) is 7.11 Å². The van der Waals surface area contributed by atoms with Crippen LogP contribution in [0.25, 0.3) is 0 Å². The van der Waals surface area contributed by atoms with E-state index >= 15 is 0 Å². The lowest BCUT2D eigenvalue weighted by atomic mass is 9.49. The molecule has 3 aliphatic heterocycles. The predicted molar refractivity (Wildman–Crippen MR) is 219 cm³/mol. The summed E-state index contributed by atoms with van der Waals surface area (Å²) in [7, 11) is 1.54. The predicted octanol–water partition coefficient (Wildman–Crippen LogP) is 4.15. The van der Waals surface area contributed by atoms with Gasteiger partial charge in [-0.15, -0.1) is 0 Å². The number of piperazine rings is 1. The molecule has 4 amide bonds. The van der Waals surface area contributed by atoms with Crippen molar-refractivity contribution in [1.29, 1.82) is 5.26 Å². The summed E-state index contributed by atoms with van der Waals surface area (Å²) in [5.41, 5.74) is 2.73. The van der Waals surface area contributed by atoms with Crippen molar-refractivity contribution < 1.29 is 28.7 Å². The van der Waals surface area contributed by atoms with Crippen LogP contribution in [0.4, 0.5) is 11.4 Å². The number of aromatic nitrogens is 1. The van der Waals surface area contributed by atoms with Crippen LogP contribution in [0, 0.1) is 28.1 Å². The highest BCUT2D eigenvalue weighted by Crippen LogP contribution is 2.55. The number of carbonyl (C=O) groups is 4. The Bertz CT molecular complexity index is 2030. The molecule has 3 aromatic rings. The fourth-order valence-corrected chi connectivity index (χ4v) is 9.51. The molecule has 3 N–H and O–H groups in total. The quantitative estimate of drug-likeness (QED) is 0.239. The van der Waals surface area contributed by atoms with Gasteiger partial charge in [0.15, 0.2) is 0 Å². The largest absolute Gasteiger partial charge is 0.495 e. The molecule has 14 nitrogen and oxygen atoms in total. The van der Waals surface area contributed by atoms with Crippen LogP contribution in [-0.4, -0.2) is 105 Å². The molecular formula is C44H54N8O6. The molecule has 4 heterocycles. The van der Waals surface area contributed by atoms with Gasteiger partial charge in [0.1, 0.15) is 35.4 Å². The SMILES string of the molecule is COc1cc(OC2C(C)(C)C(NC(=O)c3ccc(N4CCC(CN5CCN(c6ccc(C(=O)N[C@H]7CCC(=O)NC7=O)nc6)CC5)CC4)cc3)C2(C)C)ccc1C#N. The van der Waals surface area contributed by atoms with Crippen molar-refractivity contribution in [2.24, 2.45) is 16.7 Å². The molecule has 7 rings (SSSR count). The molecule has 306 valence electrons. The second-order valence-electron chi connectivity index (χ2n) is 17.2. The Morgan fingerprint density at radius 1 is 0.862 bits per heavy atom. The molecule has 1 atom stereocenters. The van der Waals surface area contributed by atoms with E-state index in [0.29, 0.717) is 28.5 Å². The van der Waals surface area contributed by atoms with E-state index in [1.54, 1.807) is 30.5 Å². The Balaban J connectivity index is 0.835. The second-order valence-corrected chi connectivity index (χ2v) is 17.2. The van der Waals surface area contributed by atoms with Gasteiger partial charge in [-0.2, -0.15) is 5.26 Å². The summed E-state index contributed by atoms with van der Waals surface area (Å²) < 4.78 is 11.8. The minimum atomic E-state index is -0.733. The first-order valence-electron chi connectivity index (χ1n) is 20.3. The molecule has 1 aromatic heterocycles. The Hall–Kier alpha value is -5.68. The summed E-state index contributed by atoms with van der Waals surface area (Å²) in [4.78, 5) is 61.2. The van der Waals surface area contributed by atoms with Crippen LogP contribution >= 0.6 is 0 Å². The van der Waals surface area contributed by atoms with Gasteiger partial charge in [-0.3, -0.25) is 29.4 Å². The van der Waals surface area contributed by atoms with E-state index in [1.807, 2.05) is 18.2 Å². The Morgan fingerprint density at radius 3 is 2.16 bits per heavy atom. The van der Waals surface area contributed by atoms with E-state index in [-0.39, 0.29) is 53.3 Å². The molecule has 58 heavy (non-hydrogen) atoms. The van der Waals surface area contributed by atoms with Crippen LogP contribution in [0.2, 0.25) is 0 Å². The minimum Gasteiger partial charge on any atom is -0.495 e. The highest BCUT2D eigenvalue weighted by atomic mass is 16.5. The van der Waals surface area contributed by atoms with Crippen molar-refractivity contribution in [3.8, 4) is 17.6 Å². The number of imide groups is 1. The number of anilines is 2. The zero-order valence-corrected chi connectivity index (χ0v) is 34.0. The van der Waals surface area contributed by atoms with Gasteiger partial charge in [0, 0.05) is 86.4 Å². The second kappa shape index (κ2) is 16.7. The number of hydrogen-bond donors (Lipinski definition) is 3. The number of amides is 4. The third-order valence-electron chi connectivity index (χ3n) is 12.6. The number of ether oxygens (including phenoxy) is 2. The van der Waals surface area contributed by atoms with Gasteiger partial charge in [0.05, 0.1) is 24.6 Å². The topological polar surface area (TPSA) is 169 Å². The van der Waals surface area contributed by atoms with Gasteiger partial charge in [-0.1, -0.05) is 27.7 Å². The summed E-state index contributed by atoms with van der Waals surface area (Å²) >= 11 is 0. The minimum absolute atomic E-state index is 0.0993. The Labute approximate surface area is 340 Å². The van der Waals surface area contributed by atoms with Crippen molar-refractivity contribution in [2.75, 3.05) is 62.7 Å². The van der Waals surface area contributed by atoms with E-state index in [4.69, 9.17) is 9.47 Å². The first-order chi connectivity index (χ1) is 27.8. The summed E-state index contributed by atoms with van der Waals surface area (Å²) in [5, 5.41) is 17.6. The number of hydrogen-bond acceptors (Lipinski definition) is 11. The number of nitrogens with zero attached hydrogens (tertiary/aromatic N) is 5. The number of methoxy groups -OCH3 is 1. The molecule has 14 heteroatoms. The number of benzene rings is 2. The average molecular weight is 791 g/mol. The fourth-order valence-electron chi connectivity index (χ4n) is 9.51. The van der Waals surface area contributed by atoms with Crippen molar-refractivity contribution in [3.05, 3.63) is 77.6 Å². The Kier molecular flexibility index (Phi) is 11.6. The van der Waals surface area contributed by atoms with Crippen LogP contribution in [0.5, 0.6) is 11.5 Å². The third kappa shape index (κ3) is 8.45. The molecule has 1 aliphatic carbocycles. The maximum atomic E-state index is 13.5. The Morgan fingerprint density at radius 2 is 1.53 bits per heavy atom. The number of pyridine rings is 1. The zero-order valence-electron chi connectivity index (χ0n) is 34.0. The van der Waals surface area contributed by atoms with Crippen LogP contribution in [-0.2, 0) is 9.59 Å². The summed E-state index contributed by atoms with van der Waals surface area (Å²) in [5.74, 6) is 0.388. The molecule has 3 saturated heterocycles. The van der Waals surface area contributed by atoms with Gasteiger partial charge in [-0.05, 0) is 73.7 Å². The first-order valence-corrected chi connectivity index (χ1v) is 20.3. The summed E-state index contributed by atoms with van der Waals surface area (Å²) in [6, 6.07) is 18.1. The van der Waals surface area contributed by atoms with Crippen LogP contribution in [0.15, 0.2) is 60.8 Å². The van der Waals surface area contributed by atoms with E-state index < -0.39 is 17.9 Å². The highest BCUT2D eigenvalue weighted by Gasteiger charge is 2.64. The number of rotatable bonds is 11. The van der Waals surface area contributed by atoms with Crippen LogP contribution < -0.4 is 35.2 Å². The first kappa shape index (κ1) is 40.5. The lowest BCUT2D eigenvalue weighted by Gasteiger charge is -2.63. The zero-order chi connectivity index (χ0) is 41.2. The fraction of sp³-hybridized carbons (Fsp3) is 0.500. The van der Waals surface area contributed by atoms with Crippen molar-refractivity contribution in [1.82, 2.24) is 25.8 Å². The van der Waals surface area contributed by atoms with E-state index in [0.717, 1.165) is 70.0 Å². The standard InChI is InChI=1S/C44H54N8O6/c1-43(2)41(44(3,4)42(43)58-33-12-8-30(25-45)36(24-33)57-5)49-38(54)29-6-9-31(10-7-29)51-18-16-28(17-19-51)27-50-20-22-52(23-21-50)32-11-13-34(46-26-32)39(55)47-35-14-15-37(53)48-40(35)56/h6-13,24,26,28,35,41-42H,14-23,27H2,1-5H3,(H,47,55)(H,49,54)(H,48,53,56)/t35-,41?,42?/m0/s1. The van der Waals surface area contributed by atoms with Crippen molar-refractivity contribution in [2.45, 2.75) is 71.6 Å². The lowest BCUT2D eigenvalue weighted by Crippen LogP contribution is -2.74. The molecule has 2 aromatic carbocycles. The van der Waals surface area contributed by atoms with Gasteiger partial charge in [-0.25, -0.2) is 4.98 Å². The van der Waals surface area contributed by atoms with Gasteiger partial charge in [0.25, 0.3) is 11.8 Å². The molecular weight excluding hydrogens is 737 g/mol. The third-order valence-corrected chi connectivity index (χ3v) is 12.6. The van der Waals surface area contributed by atoms with Crippen molar-refractivity contribution in [3.63, 3.8) is 0 Å². The molecule has 0 radical (unpaired) electrons. The van der Waals surface area contributed by atoms with Crippen LogP contribution in [0.1, 0.15) is 79.8 Å². The van der Waals surface area contributed by atoms with E-state index in [2.05, 4.69) is 81.5 Å². The molecule has 0 spiro atoms. The number of carbonyl (C=O) groups excluding carboxylic acids is 4. The van der Waals surface area contributed by atoms with Crippen molar-refractivity contribution >= 4 is 35.0 Å². The molecule has 4 aliphatic rings. The molecule has 4 fully saturated rings. The molecule has 0 unspecified atom stereocenters. The lowest BCUT2D eigenvalue weighted by molar-refractivity contribution is -0.164. The maximum absolute atomic E-state index is 13.5. The number of nitriles is 1. The molecule has 0 bridgehead atoms. The number of piperidine rings is 2. The highest BCUT2D eigenvalue weighted by molar-refractivity contribution is 6.03. The maximum Gasteiger partial charge on any atom is 0.270 e. The van der Waals surface area contributed by atoms with Crippen LogP contribution in [0.3, 0.4) is 0 Å². The van der Waals surface area contributed by atoms with Gasteiger partial charge >= 0.3 is 0 Å². The normalized spacial score (nSPS) is 23.2. The van der Waals surface area contributed by atoms with Gasteiger partial charge < -0.3 is 29.9 Å².